The Morgan fingerprint density at radius 3 is 2.62 bits per heavy atom. The van der Waals surface area contributed by atoms with Crippen LogP contribution in [0.2, 0.25) is 0 Å². The van der Waals surface area contributed by atoms with Crippen molar-refractivity contribution in [3.63, 3.8) is 0 Å². The van der Waals surface area contributed by atoms with E-state index in [9.17, 15) is 4.79 Å². The lowest BCUT2D eigenvalue weighted by Gasteiger charge is -2.35. The van der Waals surface area contributed by atoms with E-state index in [1.807, 2.05) is 0 Å². The van der Waals surface area contributed by atoms with Gasteiger partial charge in [-0.1, -0.05) is 13.3 Å². The molecule has 6 heteroatoms. The number of amides is 1. The van der Waals surface area contributed by atoms with Crippen LogP contribution < -0.4 is 10.6 Å². The van der Waals surface area contributed by atoms with Crippen LogP contribution in [0.1, 0.15) is 45.4 Å². The summed E-state index contributed by atoms with van der Waals surface area (Å²) in [5, 5.41) is 6.26. The number of hydrogen-bond donors (Lipinski definition) is 2. The summed E-state index contributed by atoms with van der Waals surface area (Å²) >= 11 is 0. The average molecular weight is 340 g/mol. The largest absolute Gasteiger partial charge is 0.354 e. The van der Waals surface area contributed by atoms with Crippen LogP contribution in [0.4, 0.5) is 0 Å². The number of carbonyl (C=O) groups is 1. The Morgan fingerprint density at radius 2 is 1.95 bits per heavy atom. The second-order valence-corrected chi connectivity index (χ2v) is 6.02. The molecule has 1 atom stereocenters. The summed E-state index contributed by atoms with van der Waals surface area (Å²) in [5.41, 5.74) is 0. The van der Waals surface area contributed by atoms with Crippen molar-refractivity contribution in [1.29, 1.82) is 0 Å². The fourth-order valence-electron chi connectivity index (χ4n) is 2.93. The van der Waals surface area contributed by atoms with E-state index in [1.165, 1.54) is 45.1 Å². The second-order valence-electron chi connectivity index (χ2n) is 6.02. The Bertz CT molecular complexity index is 288. The molecular formula is C15H31Cl2N3O. The Hall–Kier alpha value is -0.0300. The number of hydrogen-bond acceptors (Lipinski definition) is 3. The molecule has 2 N–H and O–H groups in total. The Labute approximate surface area is 141 Å². The van der Waals surface area contributed by atoms with E-state index in [-0.39, 0.29) is 30.7 Å². The molecule has 21 heavy (non-hydrogen) atoms. The molecule has 0 bridgehead atoms. The van der Waals surface area contributed by atoms with Gasteiger partial charge in [0.15, 0.2) is 0 Å². The SMILES string of the molecule is CCC1CCCCN1CCNC(=O)CNCC1CC1.Cl.Cl. The minimum Gasteiger partial charge on any atom is -0.354 e. The van der Waals surface area contributed by atoms with Gasteiger partial charge < -0.3 is 10.6 Å². The predicted molar refractivity (Wildman–Crippen MR) is 92.6 cm³/mol. The fraction of sp³-hybridized carbons (Fsp3) is 0.933. The van der Waals surface area contributed by atoms with E-state index in [4.69, 9.17) is 0 Å². The van der Waals surface area contributed by atoms with E-state index in [2.05, 4.69) is 22.5 Å². The van der Waals surface area contributed by atoms with E-state index in [1.54, 1.807) is 0 Å². The second kappa shape index (κ2) is 11.5. The minimum absolute atomic E-state index is 0. The number of nitrogens with zero attached hydrogens (tertiary/aromatic N) is 1. The van der Waals surface area contributed by atoms with Crippen LogP contribution >= 0.6 is 24.8 Å². The summed E-state index contributed by atoms with van der Waals surface area (Å²) in [7, 11) is 0. The lowest BCUT2D eigenvalue weighted by atomic mass is 10.0. The van der Waals surface area contributed by atoms with Gasteiger partial charge in [-0.15, -0.1) is 24.8 Å². The number of likely N-dealkylation sites (tertiary alicyclic amines) is 1. The molecule has 1 heterocycles. The Balaban J connectivity index is 0.00000200. The van der Waals surface area contributed by atoms with Crippen molar-refractivity contribution in [2.24, 2.45) is 5.92 Å². The van der Waals surface area contributed by atoms with Crippen molar-refractivity contribution in [2.45, 2.75) is 51.5 Å². The Kier molecular flexibility index (Phi) is 11.5. The maximum atomic E-state index is 11.6. The molecule has 4 nitrogen and oxygen atoms in total. The summed E-state index contributed by atoms with van der Waals surface area (Å²) in [6.45, 7) is 6.76. The summed E-state index contributed by atoms with van der Waals surface area (Å²) in [5.74, 6) is 0.983. The monoisotopic (exact) mass is 339 g/mol. The smallest absolute Gasteiger partial charge is 0.234 e. The third-order valence-corrected chi connectivity index (χ3v) is 4.36. The molecule has 2 aliphatic rings. The van der Waals surface area contributed by atoms with E-state index in [0.29, 0.717) is 6.54 Å². The van der Waals surface area contributed by atoms with Crippen molar-refractivity contribution in [2.75, 3.05) is 32.7 Å². The van der Waals surface area contributed by atoms with Gasteiger partial charge in [0.05, 0.1) is 6.54 Å². The molecule has 2 fully saturated rings. The van der Waals surface area contributed by atoms with E-state index < -0.39 is 0 Å². The lowest BCUT2D eigenvalue weighted by molar-refractivity contribution is -0.120. The van der Waals surface area contributed by atoms with Crippen LogP contribution in [0.15, 0.2) is 0 Å². The van der Waals surface area contributed by atoms with Crippen LogP contribution in [-0.4, -0.2) is 49.6 Å². The summed E-state index contributed by atoms with van der Waals surface area (Å²) in [4.78, 5) is 14.2. The number of nitrogens with one attached hydrogen (secondary N) is 2. The first-order valence-corrected chi connectivity index (χ1v) is 8.01. The van der Waals surface area contributed by atoms with Gasteiger partial charge in [0.25, 0.3) is 0 Å². The van der Waals surface area contributed by atoms with Gasteiger partial charge in [-0.25, -0.2) is 0 Å². The summed E-state index contributed by atoms with van der Waals surface area (Å²) in [6, 6.07) is 0.735. The molecule has 0 aromatic heterocycles. The van der Waals surface area contributed by atoms with Crippen molar-refractivity contribution >= 4 is 30.7 Å². The minimum atomic E-state index is 0. The van der Waals surface area contributed by atoms with Crippen LogP contribution in [0.3, 0.4) is 0 Å². The van der Waals surface area contributed by atoms with Crippen LogP contribution in [0, 0.1) is 5.92 Å². The molecule has 2 rings (SSSR count). The highest BCUT2D eigenvalue weighted by Crippen LogP contribution is 2.27. The zero-order valence-corrected chi connectivity index (χ0v) is 14.7. The van der Waals surface area contributed by atoms with Gasteiger partial charge in [0, 0.05) is 19.1 Å². The van der Waals surface area contributed by atoms with Gasteiger partial charge in [0.2, 0.25) is 5.91 Å². The number of piperidine rings is 1. The molecule has 1 aliphatic heterocycles. The third-order valence-electron chi connectivity index (χ3n) is 4.36. The van der Waals surface area contributed by atoms with Crippen LogP contribution in [0.25, 0.3) is 0 Å². The van der Waals surface area contributed by atoms with Gasteiger partial charge in [0.1, 0.15) is 0 Å². The average Bonchev–Trinajstić information content (AvgIpc) is 3.23. The number of rotatable bonds is 8. The lowest BCUT2D eigenvalue weighted by Crippen LogP contribution is -2.44. The molecule has 0 spiro atoms. The fourth-order valence-corrected chi connectivity index (χ4v) is 2.93. The first-order chi connectivity index (χ1) is 9.29. The molecular weight excluding hydrogens is 309 g/mol. The summed E-state index contributed by atoms with van der Waals surface area (Å²) < 4.78 is 0. The molecule has 1 unspecified atom stereocenters. The van der Waals surface area contributed by atoms with Crippen molar-refractivity contribution in [3.8, 4) is 0 Å². The highest BCUT2D eigenvalue weighted by molar-refractivity contribution is 5.85. The molecule has 1 amide bonds. The van der Waals surface area contributed by atoms with Gasteiger partial charge in [-0.2, -0.15) is 0 Å². The van der Waals surface area contributed by atoms with Crippen molar-refractivity contribution < 1.29 is 4.79 Å². The maximum Gasteiger partial charge on any atom is 0.234 e. The maximum absolute atomic E-state index is 11.6. The third kappa shape index (κ3) is 8.24. The first-order valence-electron chi connectivity index (χ1n) is 8.01. The molecule has 0 radical (unpaired) electrons. The van der Waals surface area contributed by atoms with Gasteiger partial charge >= 0.3 is 0 Å². The predicted octanol–water partition coefficient (Wildman–Crippen LogP) is 2.21. The van der Waals surface area contributed by atoms with Crippen LogP contribution in [0.5, 0.6) is 0 Å². The zero-order chi connectivity index (χ0) is 13.5. The summed E-state index contributed by atoms with van der Waals surface area (Å²) in [6.07, 6.45) is 7.91. The van der Waals surface area contributed by atoms with Crippen molar-refractivity contribution in [3.05, 3.63) is 0 Å². The zero-order valence-electron chi connectivity index (χ0n) is 13.1. The normalized spacial score (nSPS) is 22.0. The molecule has 0 aromatic carbocycles. The standard InChI is InChI=1S/C15H29N3O.2ClH/c1-2-14-5-3-4-9-18(14)10-8-17-15(19)12-16-11-13-6-7-13;;/h13-14,16H,2-12H2,1H3,(H,17,19);2*1H. The topological polar surface area (TPSA) is 44.4 Å². The first kappa shape index (κ1) is 21.0. The molecule has 1 saturated heterocycles. The molecule has 1 saturated carbocycles. The Morgan fingerprint density at radius 1 is 1.19 bits per heavy atom. The molecule has 1 aliphatic carbocycles. The highest BCUT2D eigenvalue weighted by atomic mass is 35.5. The quantitative estimate of drug-likeness (QED) is 0.712. The van der Waals surface area contributed by atoms with E-state index >= 15 is 0 Å². The van der Waals surface area contributed by atoms with Gasteiger partial charge in [-0.3, -0.25) is 9.69 Å². The van der Waals surface area contributed by atoms with Crippen molar-refractivity contribution in [1.82, 2.24) is 15.5 Å². The molecule has 126 valence electrons. The van der Waals surface area contributed by atoms with E-state index in [0.717, 1.165) is 31.6 Å². The van der Waals surface area contributed by atoms with Crippen LogP contribution in [-0.2, 0) is 4.79 Å². The molecule has 0 aromatic rings. The highest BCUT2D eigenvalue weighted by Gasteiger charge is 2.21. The number of halogens is 2. The van der Waals surface area contributed by atoms with Gasteiger partial charge in [-0.05, 0) is 51.1 Å². The number of carbonyl (C=O) groups excluding carboxylic acids is 1.